The monoisotopic (exact) mass is 531 g/mol. The van der Waals surface area contributed by atoms with Gasteiger partial charge in [0, 0.05) is 12.3 Å². The lowest BCUT2D eigenvalue weighted by Crippen LogP contribution is -2.54. The first-order valence-corrected chi connectivity index (χ1v) is 13.2. The third-order valence-corrected chi connectivity index (χ3v) is 6.27. The summed E-state index contributed by atoms with van der Waals surface area (Å²) in [5, 5.41) is 18.0. The number of aliphatic carboxylic acids is 1. The number of hydrogen-bond acceptors (Lipinski definition) is 5. The van der Waals surface area contributed by atoms with Crippen molar-refractivity contribution in [1.82, 2.24) is 10.6 Å². The molecule has 3 aromatic rings. The minimum Gasteiger partial charge on any atom is -0.480 e. The van der Waals surface area contributed by atoms with Crippen LogP contribution in [0, 0.1) is 0 Å². The average Bonchev–Trinajstić information content (AvgIpc) is 2.95. The van der Waals surface area contributed by atoms with Gasteiger partial charge in [0.1, 0.15) is 12.1 Å². The molecule has 0 saturated heterocycles. The Morgan fingerprint density at radius 1 is 0.769 bits per heavy atom. The van der Waals surface area contributed by atoms with Gasteiger partial charge in [-0.05, 0) is 55.9 Å². The number of carbonyl (C=O) groups is 3. The number of aryl methyl sites for hydroxylation is 1. The van der Waals surface area contributed by atoms with Gasteiger partial charge in [-0.1, -0.05) is 78.9 Å². The number of carboxylic acid groups (broad SMARTS) is 1. The second-order valence-corrected chi connectivity index (χ2v) is 9.40. The summed E-state index contributed by atoms with van der Waals surface area (Å²) in [6, 6.07) is 26.0. The van der Waals surface area contributed by atoms with Gasteiger partial charge < -0.3 is 20.5 Å². The Balaban J connectivity index is 1.64. The van der Waals surface area contributed by atoms with Crippen LogP contribution in [0.25, 0.3) is 0 Å². The van der Waals surface area contributed by atoms with Gasteiger partial charge in [-0.3, -0.25) is 19.7 Å². The van der Waals surface area contributed by atoms with Crippen LogP contribution >= 0.6 is 0 Å². The number of carbonyl (C=O) groups excluding carboxylic acids is 2. The van der Waals surface area contributed by atoms with E-state index in [9.17, 15) is 19.5 Å². The first kappa shape index (κ1) is 29.5. The molecule has 0 unspecified atom stereocenters. The molecule has 0 radical (unpaired) electrons. The summed E-state index contributed by atoms with van der Waals surface area (Å²) in [5.41, 5.74) is 2.72. The predicted molar refractivity (Wildman–Crippen MR) is 151 cm³/mol. The minimum absolute atomic E-state index is 0.342. The Bertz CT molecular complexity index is 1160. The SMILES string of the molecule is C[C@@H](N[C@@H](CCc1ccccc1)C(=O)N[C@@H](CCCOCc1ccccc1)C(=O)Nc1ccccc1)C(=O)O. The van der Waals surface area contributed by atoms with Gasteiger partial charge in [0.25, 0.3) is 0 Å². The molecule has 8 nitrogen and oxygen atoms in total. The van der Waals surface area contributed by atoms with Crippen molar-refractivity contribution in [2.24, 2.45) is 0 Å². The van der Waals surface area contributed by atoms with E-state index in [1.807, 2.05) is 78.9 Å². The Labute approximate surface area is 229 Å². The summed E-state index contributed by atoms with van der Waals surface area (Å²) in [7, 11) is 0. The van der Waals surface area contributed by atoms with Gasteiger partial charge in [0.15, 0.2) is 0 Å². The maximum absolute atomic E-state index is 13.4. The van der Waals surface area contributed by atoms with Crippen molar-refractivity contribution in [2.45, 2.75) is 57.3 Å². The summed E-state index contributed by atoms with van der Waals surface area (Å²) in [6.45, 7) is 2.38. The third kappa shape index (κ3) is 10.7. The zero-order valence-electron chi connectivity index (χ0n) is 22.2. The fourth-order valence-electron chi connectivity index (χ4n) is 4.06. The van der Waals surface area contributed by atoms with Crippen molar-refractivity contribution in [3.8, 4) is 0 Å². The van der Waals surface area contributed by atoms with E-state index in [4.69, 9.17) is 4.74 Å². The zero-order valence-corrected chi connectivity index (χ0v) is 22.2. The number of ether oxygens (including phenoxy) is 1. The van der Waals surface area contributed by atoms with Gasteiger partial charge in [-0.2, -0.15) is 0 Å². The van der Waals surface area contributed by atoms with Gasteiger partial charge >= 0.3 is 5.97 Å². The molecule has 3 aromatic carbocycles. The second-order valence-electron chi connectivity index (χ2n) is 9.40. The number of nitrogens with one attached hydrogen (secondary N) is 3. The van der Waals surface area contributed by atoms with Gasteiger partial charge in [0.2, 0.25) is 11.8 Å². The van der Waals surface area contributed by atoms with Crippen molar-refractivity contribution in [1.29, 1.82) is 0 Å². The highest BCUT2D eigenvalue weighted by molar-refractivity contribution is 5.97. The normalized spacial score (nSPS) is 13.2. The first-order valence-electron chi connectivity index (χ1n) is 13.2. The highest BCUT2D eigenvalue weighted by atomic mass is 16.5. The van der Waals surface area contributed by atoms with E-state index >= 15 is 0 Å². The van der Waals surface area contributed by atoms with Crippen molar-refractivity contribution in [2.75, 3.05) is 11.9 Å². The molecule has 0 saturated carbocycles. The summed E-state index contributed by atoms with van der Waals surface area (Å²) in [6.07, 6.45) is 1.86. The molecule has 0 fully saturated rings. The molecule has 0 aromatic heterocycles. The Hall–Kier alpha value is -4.01. The van der Waals surface area contributed by atoms with Crippen LogP contribution in [0.3, 0.4) is 0 Å². The van der Waals surface area contributed by atoms with E-state index in [-0.39, 0.29) is 5.91 Å². The zero-order chi connectivity index (χ0) is 27.9. The van der Waals surface area contributed by atoms with Crippen LogP contribution in [-0.4, -0.2) is 47.6 Å². The van der Waals surface area contributed by atoms with E-state index in [0.717, 1.165) is 11.1 Å². The highest BCUT2D eigenvalue weighted by Crippen LogP contribution is 2.11. The molecule has 206 valence electrons. The highest BCUT2D eigenvalue weighted by Gasteiger charge is 2.28. The van der Waals surface area contributed by atoms with Crippen LogP contribution in [0.1, 0.15) is 37.3 Å². The van der Waals surface area contributed by atoms with Crippen LogP contribution < -0.4 is 16.0 Å². The van der Waals surface area contributed by atoms with Crippen LogP contribution in [0.15, 0.2) is 91.0 Å². The van der Waals surface area contributed by atoms with Gasteiger partial charge in [-0.15, -0.1) is 0 Å². The Morgan fingerprint density at radius 3 is 1.97 bits per heavy atom. The number of anilines is 1. The maximum atomic E-state index is 13.4. The minimum atomic E-state index is -1.05. The maximum Gasteiger partial charge on any atom is 0.320 e. The molecule has 0 aliphatic heterocycles. The van der Waals surface area contributed by atoms with E-state index in [1.165, 1.54) is 6.92 Å². The van der Waals surface area contributed by atoms with E-state index in [0.29, 0.717) is 44.6 Å². The molecule has 3 atom stereocenters. The Kier molecular flexibility index (Phi) is 12.2. The molecule has 0 bridgehead atoms. The molecular formula is C31H37N3O5. The van der Waals surface area contributed by atoms with E-state index in [1.54, 1.807) is 12.1 Å². The van der Waals surface area contributed by atoms with E-state index < -0.39 is 30.0 Å². The molecule has 0 aliphatic rings. The van der Waals surface area contributed by atoms with Crippen molar-refractivity contribution in [3.05, 3.63) is 102 Å². The lowest BCUT2D eigenvalue weighted by atomic mass is 10.0. The lowest BCUT2D eigenvalue weighted by molar-refractivity contribution is -0.139. The van der Waals surface area contributed by atoms with Gasteiger partial charge in [-0.25, -0.2) is 0 Å². The number of rotatable bonds is 16. The van der Waals surface area contributed by atoms with Gasteiger partial charge in [0.05, 0.1) is 12.6 Å². The van der Waals surface area contributed by atoms with Crippen molar-refractivity contribution < 1.29 is 24.2 Å². The number of carboxylic acids is 1. The second kappa shape index (κ2) is 16.1. The Morgan fingerprint density at radius 2 is 1.36 bits per heavy atom. The summed E-state index contributed by atoms with van der Waals surface area (Å²) in [5.74, 6) is -1.82. The molecule has 8 heteroatoms. The molecule has 0 aliphatic carbocycles. The first-order chi connectivity index (χ1) is 18.9. The third-order valence-electron chi connectivity index (χ3n) is 6.27. The predicted octanol–water partition coefficient (Wildman–Crippen LogP) is 4.17. The van der Waals surface area contributed by atoms with Crippen molar-refractivity contribution >= 4 is 23.5 Å². The average molecular weight is 532 g/mol. The number of hydrogen-bond donors (Lipinski definition) is 4. The lowest BCUT2D eigenvalue weighted by Gasteiger charge is -2.24. The standard InChI is InChI=1S/C31H37N3O5/c1-23(31(37)38)32-28(20-19-24-12-5-2-6-13-24)30(36)34-27(29(35)33-26-16-9-4-10-17-26)18-11-21-39-22-25-14-7-3-8-15-25/h2-10,12-17,23,27-28,32H,11,18-22H2,1H3,(H,33,35)(H,34,36)(H,37,38)/t23-,27+,28+/m1/s1. The van der Waals surface area contributed by atoms with Crippen LogP contribution in [0.2, 0.25) is 0 Å². The van der Waals surface area contributed by atoms with Crippen LogP contribution in [0.5, 0.6) is 0 Å². The summed E-state index contributed by atoms with van der Waals surface area (Å²) < 4.78 is 5.77. The van der Waals surface area contributed by atoms with Crippen molar-refractivity contribution in [3.63, 3.8) is 0 Å². The fraction of sp³-hybridized carbons (Fsp3) is 0.323. The number of para-hydroxylation sites is 1. The molecule has 4 N–H and O–H groups in total. The molecule has 0 heterocycles. The summed E-state index contributed by atoms with van der Waals surface area (Å²) in [4.78, 5) is 38.1. The largest absolute Gasteiger partial charge is 0.480 e. The van der Waals surface area contributed by atoms with Crippen LogP contribution in [0.4, 0.5) is 5.69 Å². The quantitative estimate of drug-likeness (QED) is 0.206. The molecule has 3 rings (SSSR count). The van der Waals surface area contributed by atoms with Crippen LogP contribution in [-0.2, 0) is 32.1 Å². The molecule has 2 amide bonds. The number of benzene rings is 3. The molecular weight excluding hydrogens is 494 g/mol. The molecule has 0 spiro atoms. The smallest absolute Gasteiger partial charge is 0.320 e. The number of amides is 2. The topological polar surface area (TPSA) is 117 Å². The summed E-state index contributed by atoms with van der Waals surface area (Å²) >= 11 is 0. The molecule has 39 heavy (non-hydrogen) atoms. The fourth-order valence-corrected chi connectivity index (χ4v) is 4.06. The van der Waals surface area contributed by atoms with E-state index in [2.05, 4.69) is 16.0 Å².